The topological polar surface area (TPSA) is 82.3 Å². The number of carbonyl (C=O) groups excluding carboxylic acids is 1. The van der Waals surface area contributed by atoms with Crippen LogP contribution in [-0.2, 0) is 30.2 Å². The standard InChI is InChI=1S/C24H21Cl2N3O4/c1-13-17(23(31)33-12-14-8-5-4-6-9-14)18(15-10-7-11-16(25)20(15)26)19-21(27-13)28(2)24(32)29(3)22(19)30/h4-11,18,27H,12H2,1-3H3. The van der Waals surface area contributed by atoms with Gasteiger partial charge in [0, 0.05) is 19.8 Å². The predicted octanol–water partition coefficient (Wildman–Crippen LogP) is 3.97. The van der Waals surface area contributed by atoms with Crippen molar-refractivity contribution in [3.05, 3.63) is 107 Å². The Kier molecular flexibility index (Phi) is 6.19. The summed E-state index contributed by atoms with van der Waals surface area (Å²) in [5, 5.41) is 3.55. The minimum atomic E-state index is -0.888. The summed E-state index contributed by atoms with van der Waals surface area (Å²) in [6.45, 7) is 1.75. The smallest absolute Gasteiger partial charge is 0.337 e. The van der Waals surface area contributed by atoms with Crippen molar-refractivity contribution in [2.75, 3.05) is 5.32 Å². The van der Waals surface area contributed by atoms with Crippen molar-refractivity contribution in [3.63, 3.8) is 0 Å². The normalized spacial score (nSPS) is 15.1. The van der Waals surface area contributed by atoms with E-state index < -0.39 is 23.1 Å². The zero-order chi connectivity index (χ0) is 23.9. The average molecular weight is 486 g/mol. The van der Waals surface area contributed by atoms with Crippen molar-refractivity contribution in [2.24, 2.45) is 14.1 Å². The van der Waals surface area contributed by atoms with Crippen LogP contribution < -0.4 is 16.6 Å². The number of halogens is 2. The highest BCUT2D eigenvalue weighted by molar-refractivity contribution is 6.42. The van der Waals surface area contributed by atoms with Gasteiger partial charge in [0.05, 0.1) is 27.1 Å². The highest BCUT2D eigenvalue weighted by Gasteiger charge is 2.38. The largest absolute Gasteiger partial charge is 0.457 e. The third-order valence-electron chi connectivity index (χ3n) is 5.71. The van der Waals surface area contributed by atoms with Crippen molar-refractivity contribution in [1.82, 2.24) is 9.13 Å². The molecule has 2 heterocycles. The van der Waals surface area contributed by atoms with Crippen molar-refractivity contribution in [3.8, 4) is 0 Å². The Hall–Kier alpha value is -3.29. The van der Waals surface area contributed by atoms with Gasteiger partial charge in [-0.15, -0.1) is 0 Å². The van der Waals surface area contributed by atoms with Gasteiger partial charge in [0.1, 0.15) is 12.4 Å². The molecule has 0 bridgehead atoms. The summed E-state index contributed by atoms with van der Waals surface area (Å²) in [7, 11) is 2.94. The number of ether oxygens (including phenoxy) is 1. The van der Waals surface area contributed by atoms with Gasteiger partial charge in [-0.25, -0.2) is 9.59 Å². The number of esters is 1. The van der Waals surface area contributed by atoms with Crippen LogP contribution in [0.1, 0.15) is 29.5 Å². The maximum absolute atomic E-state index is 13.3. The molecular formula is C24H21Cl2N3O4. The molecule has 1 aromatic heterocycles. The van der Waals surface area contributed by atoms with Crippen molar-refractivity contribution < 1.29 is 9.53 Å². The summed E-state index contributed by atoms with van der Waals surface area (Å²) in [5.74, 6) is -1.20. The number of carbonyl (C=O) groups is 1. The summed E-state index contributed by atoms with van der Waals surface area (Å²) in [5.41, 5.74) is 1.13. The van der Waals surface area contributed by atoms with Crippen LogP contribution in [0.3, 0.4) is 0 Å². The van der Waals surface area contributed by atoms with Crippen LogP contribution in [0.15, 0.2) is 69.4 Å². The van der Waals surface area contributed by atoms with E-state index >= 15 is 0 Å². The van der Waals surface area contributed by atoms with Crippen molar-refractivity contribution >= 4 is 35.0 Å². The van der Waals surface area contributed by atoms with E-state index in [1.165, 1.54) is 11.6 Å². The molecule has 1 N–H and O–H groups in total. The summed E-state index contributed by atoms with van der Waals surface area (Å²) in [6, 6.07) is 14.3. The molecule has 4 rings (SSSR count). The summed E-state index contributed by atoms with van der Waals surface area (Å²) in [4.78, 5) is 39.2. The van der Waals surface area contributed by atoms with Gasteiger partial charge >= 0.3 is 11.7 Å². The number of nitrogens with zero attached hydrogens (tertiary/aromatic N) is 2. The Morgan fingerprint density at radius 2 is 1.73 bits per heavy atom. The van der Waals surface area contributed by atoms with Crippen LogP contribution in [-0.4, -0.2) is 15.1 Å². The van der Waals surface area contributed by atoms with E-state index in [0.717, 1.165) is 10.1 Å². The van der Waals surface area contributed by atoms with E-state index in [0.29, 0.717) is 17.1 Å². The molecular weight excluding hydrogens is 465 g/mol. The first-order valence-electron chi connectivity index (χ1n) is 10.1. The number of aromatic nitrogens is 2. The van der Waals surface area contributed by atoms with E-state index in [4.69, 9.17) is 27.9 Å². The molecule has 0 radical (unpaired) electrons. The molecule has 2 aromatic carbocycles. The lowest BCUT2D eigenvalue weighted by Gasteiger charge is -2.31. The first-order valence-corrected chi connectivity index (χ1v) is 10.9. The van der Waals surface area contributed by atoms with Gasteiger partial charge in [-0.3, -0.25) is 13.9 Å². The highest BCUT2D eigenvalue weighted by Crippen LogP contribution is 2.43. The van der Waals surface area contributed by atoms with Gasteiger partial charge in [-0.2, -0.15) is 0 Å². The molecule has 0 amide bonds. The number of allylic oxidation sites excluding steroid dienone is 1. The Morgan fingerprint density at radius 1 is 1.03 bits per heavy atom. The lowest BCUT2D eigenvalue weighted by molar-refractivity contribution is -0.140. The van der Waals surface area contributed by atoms with Gasteiger partial charge in [-0.05, 0) is 24.1 Å². The molecule has 0 spiro atoms. The number of hydrogen-bond donors (Lipinski definition) is 1. The lowest BCUT2D eigenvalue weighted by atomic mass is 9.82. The fourth-order valence-corrected chi connectivity index (χ4v) is 4.43. The Balaban J connectivity index is 1.91. The first-order chi connectivity index (χ1) is 15.7. The van der Waals surface area contributed by atoms with Crippen LogP contribution in [0.25, 0.3) is 0 Å². The quantitative estimate of drug-likeness (QED) is 0.565. The predicted molar refractivity (Wildman–Crippen MR) is 128 cm³/mol. The minimum absolute atomic E-state index is 0.0601. The molecule has 0 fully saturated rings. The maximum Gasteiger partial charge on any atom is 0.337 e. The summed E-state index contributed by atoms with van der Waals surface area (Å²) >= 11 is 12.8. The molecule has 0 aliphatic carbocycles. The minimum Gasteiger partial charge on any atom is -0.457 e. The van der Waals surface area contributed by atoms with Crippen molar-refractivity contribution in [2.45, 2.75) is 19.4 Å². The third-order valence-corrected chi connectivity index (χ3v) is 6.55. The summed E-state index contributed by atoms with van der Waals surface area (Å²) < 4.78 is 7.94. The number of fused-ring (bicyclic) bond motifs is 1. The third kappa shape index (κ3) is 3.98. The molecule has 0 saturated carbocycles. The fraction of sp³-hybridized carbons (Fsp3) is 0.208. The first kappa shape index (κ1) is 22.9. The van der Waals surface area contributed by atoms with Gasteiger partial charge in [0.15, 0.2) is 0 Å². The van der Waals surface area contributed by atoms with Crippen LogP contribution in [0.2, 0.25) is 10.0 Å². The van der Waals surface area contributed by atoms with E-state index in [1.807, 2.05) is 30.3 Å². The molecule has 7 nitrogen and oxygen atoms in total. The second-order valence-corrected chi connectivity index (χ2v) is 8.55. The van der Waals surface area contributed by atoms with Gasteiger partial charge in [-0.1, -0.05) is 65.7 Å². The number of nitrogens with one attached hydrogen (secondary N) is 1. The zero-order valence-corrected chi connectivity index (χ0v) is 19.7. The molecule has 33 heavy (non-hydrogen) atoms. The fourth-order valence-electron chi connectivity index (χ4n) is 4.01. The Morgan fingerprint density at radius 3 is 2.42 bits per heavy atom. The number of rotatable bonds is 4. The van der Waals surface area contributed by atoms with Crippen LogP contribution in [0.5, 0.6) is 0 Å². The van der Waals surface area contributed by atoms with Gasteiger partial charge in [0.2, 0.25) is 0 Å². The lowest BCUT2D eigenvalue weighted by Crippen LogP contribution is -2.43. The van der Waals surface area contributed by atoms with Gasteiger partial charge in [0.25, 0.3) is 5.56 Å². The van der Waals surface area contributed by atoms with Crippen LogP contribution in [0.4, 0.5) is 5.82 Å². The molecule has 1 aliphatic heterocycles. The van der Waals surface area contributed by atoms with E-state index in [9.17, 15) is 14.4 Å². The zero-order valence-electron chi connectivity index (χ0n) is 18.2. The average Bonchev–Trinajstić information content (AvgIpc) is 2.81. The molecule has 1 unspecified atom stereocenters. The highest BCUT2D eigenvalue weighted by atomic mass is 35.5. The SMILES string of the molecule is CC1=C(C(=O)OCc2ccccc2)C(c2cccc(Cl)c2Cl)c2c(n(C)c(=O)n(C)c2=O)N1. The number of hydrogen-bond acceptors (Lipinski definition) is 5. The second-order valence-electron chi connectivity index (χ2n) is 7.77. The Bertz CT molecular complexity index is 1410. The van der Waals surface area contributed by atoms with Crippen LogP contribution >= 0.6 is 23.2 Å². The van der Waals surface area contributed by atoms with Crippen LogP contribution in [0, 0.1) is 0 Å². The number of benzene rings is 2. The second kappa shape index (κ2) is 8.92. The summed E-state index contributed by atoms with van der Waals surface area (Å²) in [6.07, 6.45) is 0. The molecule has 3 aromatic rings. The van der Waals surface area contributed by atoms with E-state index in [-0.39, 0.29) is 27.8 Å². The van der Waals surface area contributed by atoms with Crippen molar-refractivity contribution in [1.29, 1.82) is 0 Å². The monoisotopic (exact) mass is 485 g/mol. The van der Waals surface area contributed by atoms with E-state index in [1.54, 1.807) is 32.2 Å². The number of anilines is 1. The molecule has 9 heteroatoms. The molecule has 170 valence electrons. The Labute approximate surface area is 199 Å². The maximum atomic E-state index is 13.3. The van der Waals surface area contributed by atoms with E-state index in [2.05, 4.69) is 5.32 Å². The molecule has 0 saturated heterocycles. The molecule has 1 aliphatic rings. The van der Waals surface area contributed by atoms with Gasteiger partial charge < -0.3 is 10.1 Å². The molecule has 1 atom stereocenters.